The van der Waals surface area contributed by atoms with Crippen LogP contribution in [0.15, 0.2) is 52.4 Å². The largest absolute Gasteiger partial charge is 0.335 e. The molecule has 0 fully saturated rings. The van der Waals surface area contributed by atoms with Crippen LogP contribution >= 0.6 is 27.3 Å². The van der Waals surface area contributed by atoms with E-state index in [9.17, 15) is 4.79 Å². The number of thiophene rings is 1. The molecule has 0 atom stereocenters. The number of carbonyl (C=O) groups excluding carboxylic acids is 1. The highest BCUT2D eigenvalue weighted by molar-refractivity contribution is 9.11. The first kappa shape index (κ1) is 15.9. The Hall–Kier alpha value is -1.99. The number of nitrogens with zero attached hydrogens (tertiary/aromatic N) is 4. The van der Waals surface area contributed by atoms with E-state index < -0.39 is 0 Å². The lowest BCUT2D eigenvalue weighted by Crippen LogP contribution is -2.26. The molecule has 0 aliphatic heterocycles. The van der Waals surface area contributed by atoms with Crippen LogP contribution < -0.4 is 0 Å². The summed E-state index contributed by atoms with van der Waals surface area (Å²) in [7, 11) is 1.77. The van der Waals surface area contributed by atoms with Gasteiger partial charge < -0.3 is 4.90 Å². The van der Waals surface area contributed by atoms with Gasteiger partial charge in [0, 0.05) is 11.9 Å². The minimum Gasteiger partial charge on any atom is -0.335 e. The number of amides is 1. The predicted octanol–water partition coefficient (Wildman–Crippen LogP) is 3.42. The van der Waals surface area contributed by atoms with Crippen LogP contribution in [-0.2, 0) is 13.1 Å². The highest BCUT2D eigenvalue weighted by Gasteiger charge is 2.16. The van der Waals surface area contributed by atoms with E-state index in [0.717, 1.165) is 14.2 Å². The Bertz CT molecular complexity index is 799. The van der Waals surface area contributed by atoms with E-state index in [1.54, 1.807) is 34.2 Å². The lowest BCUT2D eigenvalue weighted by molar-refractivity contribution is 0.0780. The second-order valence-electron chi connectivity index (χ2n) is 5.15. The van der Waals surface area contributed by atoms with Crippen molar-refractivity contribution in [2.75, 3.05) is 7.05 Å². The number of rotatable bonds is 5. The third-order valence-electron chi connectivity index (χ3n) is 3.31. The van der Waals surface area contributed by atoms with Gasteiger partial charge in [0.1, 0.15) is 0 Å². The van der Waals surface area contributed by atoms with Gasteiger partial charge in [0.2, 0.25) is 0 Å². The quantitative estimate of drug-likeness (QED) is 0.670. The minimum atomic E-state index is -0.131. The summed E-state index contributed by atoms with van der Waals surface area (Å²) < 4.78 is 2.74. The van der Waals surface area contributed by atoms with Gasteiger partial charge in [-0.1, -0.05) is 35.5 Å². The zero-order valence-electron chi connectivity index (χ0n) is 12.5. The molecule has 3 rings (SSSR count). The molecule has 23 heavy (non-hydrogen) atoms. The number of hydrogen-bond acceptors (Lipinski definition) is 4. The van der Waals surface area contributed by atoms with Gasteiger partial charge in [-0.3, -0.25) is 4.79 Å². The van der Waals surface area contributed by atoms with E-state index in [-0.39, 0.29) is 5.91 Å². The molecule has 0 radical (unpaired) electrons. The molecule has 7 heteroatoms. The molecule has 0 aliphatic rings. The highest BCUT2D eigenvalue weighted by atomic mass is 79.9. The zero-order valence-corrected chi connectivity index (χ0v) is 14.9. The summed E-state index contributed by atoms with van der Waals surface area (Å²) in [5.74, 6) is -0.131. The van der Waals surface area contributed by atoms with Crippen LogP contribution in [0.3, 0.4) is 0 Å². The first-order chi connectivity index (χ1) is 11.1. The Morgan fingerprint density at radius 3 is 2.74 bits per heavy atom. The SMILES string of the molecule is CN(Cc1ccc(Br)s1)C(=O)c1cn(Cc2ccccc2)nn1. The average Bonchev–Trinajstić information content (AvgIpc) is 3.17. The molecular formula is C16H15BrN4OS. The third-order valence-corrected chi connectivity index (χ3v) is 4.92. The molecule has 1 amide bonds. The van der Waals surface area contributed by atoms with Crippen molar-refractivity contribution in [2.45, 2.75) is 13.1 Å². The number of hydrogen-bond donors (Lipinski definition) is 0. The van der Waals surface area contributed by atoms with Gasteiger partial charge in [-0.25, -0.2) is 4.68 Å². The molecule has 0 unspecified atom stereocenters. The van der Waals surface area contributed by atoms with Gasteiger partial charge in [-0.15, -0.1) is 16.4 Å². The van der Waals surface area contributed by atoms with E-state index in [4.69, 9.17) is 0 Å². The van der Waals surface area contributed by atoms with Crippen LogP contribution in [0.1, 0.15) is 20.9 Å². The first-order valence-corrected chi connectivity index (χ1v) is 8.66. The summed E-state index contributed by atoms with van der Waals surface area (Å²) >= 11 is 5.05. The van der Waals surface area contributed by atoms with Crippen molar-refractivity contribution in [1.29, 1.82) is 0 Å². The second kappa shape index (κ2) is 7.06. The average molecular weight is 391 g/mol. The first-order valence-electron chi connectivity index (χ1n) is 7.05. The molecule has 0 aliphatic carbocycles. The Morgan fingerprint density at radius 2 is 2.04 bits per heavy atom. The lowest BCUT2D eigenvalue weighted by Gasteiger charge is -2.14. The number of aromatic nitrogens is 3. The van der Waals surface area contributed by atoms with Gasteiger partial charge >= 0.3 is 0 Å². The molecule has 0 saturated carbocycles. The summed E-state index contributed by atoms with van der Waals surface area (Å²) in [6, 6.07) is 13.9. The van der Waals surface area contributed by atoms with E-state index in [0.29, 0.717) is 18.8 Å². The van der Waals surface area contributed by atoms with Crippen molar-refractivity contribution in [2.24, 2.45) is 0 Å². The van der Waals surface area contributed by atoms with Crippen molar-refractivity contribution >= 4 is 33.2 Å². The molecule has 2 aromatic heterocycles. The van der Waals surface area contributed by atoms with Crippen molar-refractivity contribution in [3.8, 4) is 0 Å². The molecule has 3 aromatic rings. The summed E-state index contributed by atoms with van der Waals surface area (Å²) in [5, 5.41) is 8.04. The van der Waals surface area contributed by atoms with E-state index in [2.05, 4.69) is 26.2 Å². The van der Waals surface area contributed by atoms with Crippen LogP contribution in [0.25, 0.3) is 0 Å². The van der Waals surface area contributed by atoms with Gasteiger partial charge in [-0.05, 0) is 33.6 Å². The van der Waals surface area contributed by atoms with Gasteiger partial charge in [-0.2, -0.15) is 0 Å². The normalized spacial score (nSPS) is 10.7. The van der Waals surface area contributed by atoms with Crippen LogP contribution in [0, 0.1) is 0 Å². The highest BCUT2D eigenvalue weighted by Crippen LogP contribution is 2.23. The molecule has 2 heterocycles. The summed E-state index contributed by atoms with van der Waals surface area (Å²) in [4.78, 5) is 15.2. The maximum Gasteiger partial charge on any atom is 0.276 e. The van der Waals surface area contributed by atoms with Gasteiger partial charge in [0.15, 0.2) is 5.69 Å². The molecule has 0 saturated heterocycles. The minimum absolute atomic E-state index is 0.131. The fourth-order valence-corrected chi connectivity index (χ4v) is 3.72. The fourth-order valence-electron chi connectivity index (χ4n) is 2.18. The predicted molar refractivity (Wildman–Crippen MR) is 93.4 cm³/mol. The second-order valence-corrected chi connectivity index (χ2v) is 7.70. The zero-order chi connectivity index (χ0) is 16.2. The summed E-state index contributed by atoms with van der Waals surface area (Å²) in [6.45, 7) is 1.16. The number of halogens is 1. The maximum atomic E-state index is 12.4. The summed E-state index contributed by atoms with van der Waals surface area (Å²) in [6.07, 6.45) is 1.69. The maximum absolute atomic E-state index is 12.4. The van der Waals surface area contributed by atoms with Gasteiger partial charge in [0.25, 0.3) is 5.91 Å². The fraction of sp³-hybridized carbons (Fsp3) is 0.188. The number of benzene rings is 1. The third kappa shape index (κ3) is 4.05. The Labute approximate surface area is 146 Å². The molecule has 118 valence electrons. The van der Waals surface area contributed by atoms with Crippen molar-refractivity contribution in [1.82, 2.24) is 19.9 Å². The van der Waals surface area contributed by atoms with E-state index in [1.165, 1.54) is 0 Å². The summed E-state index contributed by atoms with van der Waals surface area (Å²) in [5.41, 5.74) is 1.48. The molecule has 1 aromatic carbocycles. The molecule has 0 spiro atoms. The van der Waals surface area contributed by atoms with Crippen molar-refractivity contribution < 1.29 is 4.79 Å². The molecule has 0 bridgehead atoms. The van der Waals surface area contributed by atoms with Crippen LogP contribution in [0.2, 0.25) is 0 Å². The lowest BCUT2D eigenvalue weighted by atomic mass is 10.2. The van der Waals surface area contributed by atoms with E-state index in [1.807, 2.05) is 42.5 Å². The van der Waals surface area contributed by atoms with Crippen LogP contribution in [0.4, 0.5) is 0 Å². The standard InChI is InChI=1S/C16H15BrN4OS/c1-20(10-13-7-8-15(17)23-13)16(22)14-11-21(19-18-14)9-12-5-3-2-4-6-12/h2-8,11H,9-10H2,1H3. The molecule has 5 nitrogen and oxygen atoms in total. The Morgan fingerprint density at radius 1 is 1.26 bits per heavy atom. The smallest absolute Gasteiger partial charge is 0.276 e. The van der Waals surface area contributed by atoms with Crippen LogP contribution in [-0.4, -0.2) is 32.8 Å². The number of carbonyl (C=O) groups is 1. The van der Waals surface area contributed by atoms with E-state index >= 15 is 0 Å². The van der Waals surface area contributed by atoms with Crippen LogP contribution in [0.5, 0.6) is 0 Å². The Kier molecular flexibility index (Phi) is 4.88. The van der Waals surface area contributed by atoms with Crippen molar-refractivity contribution in [3.63, 3.8) is 0 Å². The topological polar surface area (TPSA) is 51.0 Å². The Balaban J connectivity index is 1.65. The molecular weight excluding hydrogens is 376 g/mol. The molecule has 0 N–H and O–H groups in total. The van der Waals surface area contributed by atoms with Gasteiger partial charge in [0.05, 0.1) is 23.1 Å². The monoisotopic (exact) mass is 390 g/mol. The van der Waals surface area contributed by atoms with Crippen molar-refractivity contribution in [3.05, 3.63) is 68.6 Å².